The Balaban J connectivity index is 2.40. The quantitative estimate of drug-likeness (QED) is 0.487. The number of fused-ring (bicyclic) bond motifs is 1. The molecular weight excluding hydrogens is 202 g/mol. The van der Waals surface area contributed by atoms with Gasteiger partial charge in [0, 0.05) is 12.0 Å². The fraction of sp³-hybridized carbons (Fsp3) is 0.231. The summed E-state index contributed by atoms with van der Waals surface area (Å²) >= 11 is 0. The Morgan fingerprint density at radius 1 is 1.06 bits per heavy atom. The summed E-state index contributed by atoms with van der Waals surface area (Å²) in [5.74, 6) is 2.30. The number of benzene rings is 1. The van der Waals surface area contributed by atoms with Crippen LogP contribution in [0.15, 0.2) is 24.3 Å². The fourth-order valence-corrected chi connectivity index (χ4v) is 1.48. The van der Waals surface area contributed by atoms with Gasteiger partial charge in [-0.2, -0.15) is 4.90 Å². The molecule has 1 heterocycles. The predicted octanol–water partition coefficient (Wildman–Crippen LogP) is 1.90. The summed E-state index contributed by atoms with van der Waals surface area (Å²) in [6.07, 6.45) is 0. The molecule has 0 unspecified atom stereocenters. The molecule has 0 bridgehead atoms. The van der Waals surface area contributed by atoms with Gasteiger partial charge in [0.1, 0.15) is 0 Å². The van der Waals surface area contributed by atoms with Gasteiger partial charge < -0.3 is 0 Å². The third-order valence-electron chi connectivity index (χ3n) is 2.26. The smallest absolute Gasteiger partial charge is 0.267 e. The van der Waals surface area contributed by atoms with E-state index in [1.165, 1.54) is 0 Å². The lowest BCUT2D eigenvalue weighted by atomic mass is 10.1. The van der Waals surface area contributed by atoms with Crippen molar-refractivity contribution >= 4 is 11.8 Å². The zero-order chi connectivity index (χ0) is 11.7. The van der Waals surface area contributed by atoms with Gasteiger partial charge in [-0.15, -0.1) is 0 Å². The van der Waals surface area contributed by atoms with Crippen molar-refractivity contribution in [3.05, 3.63) is 35.4 Å². The number of carbonyl (C=O) groups is 2. The van der Waals surface area contributed by atoms with E-state index in [1.807, 2.05) is 13.8 Å². The van der Waals surface area contributed by atoms with Crippen molar-refractivity contribution in [1.29, 1.82) is 0 Å². The van der Waals surface area contributed by atoms with Crippen molar-refractivity contribution in [1.82, 2.24) is 4.90 Å². The first-order valence-corrected chi connectivity index (χ1v) is 5.10. The van der Waals surface area contributed by atoms with Crippen molar-refractivity contribution in [2.45, 2.75) is 13.8 Å². The highest BCUT2D eigenvalue weighted by Crippen LogP contribution is 2.21. The minimum Gasteiger partial charge on any atom is -0.267 e. The molecule has 3 nitrogen and oxygen atoms in total. The standard InChI is InChI=1S/C13H11NO2/c1-9(2)7-8-14-12(15)10-5-3-4-6-11(10)13(14)16/h3-6,9H,1-2H3. The van der Waals surface area contributed by atoms with E-state index in [-0.39, 0.29) is 17.7 Å². The summed E-state index contributed by atoms with van der Waals surface area (Å²) in [5, 5.41) is 0. The Morgan fingerprint density at radius 2 is 1.56 bits per heavy atom. The van der Waals surface area contributed by atoms with Gasteiger partial charge in [-0.05, 0) is 12.1 Å². The largest absolute Gasteiger partial charge is 0.273 e. The van der Waals surface area contributed by atoms with E-state index >= 15 is 0 Å². The van der Waals surface area contributed by atoms with Crippen LogP contribution in [0.3, 0.4) is 0 Å². The third-order valence-corrected chi connectivity index (χ3v) is 2.26. The highest BCUT2D eigenvalue weighted by Gasteiger charge is 2.34. The highest BCUT2D eigenvalue weighted by molar-refractivity contribution is 6.22. The number of nitrogens with zero attached hydrogens (tertiary/aromatic N) is 1. The highest BCUT2D eigenvalue weighted by atomic mass is 16.2. The van der Waals surface area contributed by atoms with E-state index in [4.69, 9.17) is 0 Å². The van der Waals surface area contributed by atoms with E-state index in [2.05, 4.69) is 12.0 Å². The number of hydrogen-bond donors (Lipinski definition) is 0. The van der Waals surface area contributed by atoms with Crippen LogP contribution >= 0.6 is 0 Å². The molecule has 80 valence electrons. The molecule has 0 aliphatic carbocycles. The topological polar surface area (TPSA) is 37.4 Å². The zero-order valence-electron chi connectivity index (χ0n) is 9.15. The average Bonchev–Trinajstić information content (AvgIpc) is 2.50. The maximum Gasteiger partial charge on any atom is 0.273 e. The fourth-order valence-electron chi connectivity index (χ4n) is 1.48. The van der Waals surface area contributed by atoms with Gasteiger partial charge >= 0.3 is 0 Å². The minimum absolute atomic E-state index is 0.129. The summed E-state index contributed by atoms with van der Waals surface area (Å²) in [7, 11) is 0. The number of amides is 2. The van der Waals surface area contributed by atoms with Gasteiger partial charge in [0.15, 0.2) is 0 Å². The van der Waals surface area contributed by atoms with Gasteiger partial charge in [-0.3, -0.25) is 9.59 Å². The first-order valence-electron chi connectivity index (χ1n) is 5.10. The molecule has 2 amide bonds. The van der Waals surface area contributed by atoms with Gasteiger partial charge in [-0.1, -0.05) is 31.9 Å². The van der Waals surface area contributed by atoms with Crippen molar-refractivity contribution in [2.75, 3.05) is 0 Å². The molecule has 0 spiro atoms. The van der Waals surface area contributed by atoms with Crippen LogP contribution in [-0.2, 0) is 0 Å². The molecule has 2 rings (SSSR count). The molecule has 0 radical (unpaired) electrons. The monoisotopic (exact) mass is 213 g/mol. The molecule has 0 saturated heterocycles. The Kier molecular flexibility index (Phi) is 2.49. The predicted molar refractivity (Wildman–Crippen MR) is 59.6 cm³/mol. The second-order valence-corrected chi connectivity index (χ2v) is 3.90. The van der Waals surface area contributed by atoms with Crippen LogP contribution < -0.4 is 0 Å². The van der Waals surface area contributed by atoms with Gasteiger partial charge in [-0.25, -0.2) is 0 Å². The van der Waals surface area contributed by atoms with Crippen LogP contribution in [0.4, 0.5) is 0 Å². The van der Waals surface area contributed by atoms with E-state index in [9.17, 15) is 9.59 Å². The molecule has 1 aliphatic heterocycles. The molecule has 3 heteroatoms. The van der Waals surface area contributed by atoms with Crippen LogP contribution in [0.5, 0.6) is 0 Å². The minimum atomic E-state index is -0.325. The molecule has 0 saturated carbocycles. The van der Waals surface area contributed by atoms with Crippen molar-refractivity contribution < 1.29 is 9.59 Å². The summed E-state index contributed by atoms with van der Waals surface area (Å²) in [6, 6.07) is 9.38. The van der Waals surface area contributed by atoms with E-state index in [0.717, 1.165) is 4.90 Å². The maximum absolute atomic E-state index is 11.8. The average molecular weight is 213 g/mol. The van der Waals surface area contributed by atoms with E-state index in [1.54, 1.807) is 24.3 Å². The lowest BCUT2D eigenvalue weighted by Crippen LogP contribution is -2.24. The van der Waals surface area contributed by atoms with Crippen LogP contribution in [-0.4, -0.2) is 16.7 Å². The molecule has 1 aromatic rings. The Hall–Kier alpha value is -2.08. The zero-order valence-corrected chi connectivity index (χ0v) is 9.15. The third kappa shape index (κ3) is 1.59. The number of rotatable bonds is 0. The normalized spacial score (nSPS) is 13.8. The molecule has 0 fully saturated rings. The van der Waals surface area contributed by atoms with Gasteiger partial charge in [0.2, 0.25) is 0 Å². The summed E-state index contributed by atoms with van der Waals surface area (Å²) in [4.78, 5) is 24.6. The lowest BCUT2D eigenvalue weighted by Gasteiger charge is -2.02. The Bertz CT molecular complexity index is 485. The molecule has 0 atom stereocenters. The van der Waals surface area contributed by atoms with Crippen molar-refractivity contribution in [2.24, 2.45) is 5.92 Å². The van der Waals surface area contributed by atoms with Crippen LogP contribution in [0.2, 0.25) is 0 Å². The summed E-state index contributed by atoms with van der Waals surface area (Å²) in [6.45, 7) is 3.82. The maximum atomic E-state index is 11.8. The van der Waals surface area contributed by atoms with Gasteiger partial charge in [0.25, 0.3) is 11.8 Å². The van der Waals surface area contributed by atoms with E-state index < -0.39 is 0 Å². The molecule has 1 aromatic carbocycles. The number of imide groups is 1. The lowest BCUT2D eigenvalue weighted by molar-refractivity contribution is 0.0735. The van der Waals surface area contributed by atoms with Gasteiger partial charge in [0.05, 0.1) is 11.1 Å². The van der Waals surface area contributed by atoms with Crippen LogP contribution in [0.1, 0.15) is 34.6 Å². The van der Waals surface area contributed by atoms with E-state index in [0.29, 0.717) is 11.1 Å². The molecule has 16 heavy (non-hydrogen) atoms. The Labute approximate surface area is 94.1 Å². The molecule has 0 aromatic heterocycles. The number of hydrogen-bond acceptors (Lipinski definition) is 2. The summed E-state index contributed by atoms with van der Waals surface area (Å²) in [5.41, 5.74) is 0.871. The first kappa shape index (κ1) is 10.4. The molecule has 1 aliphatic rings. The summed E-state index contributed by atoms with van der Waals surface area (Å²) < 4.78 is 0. The van der Waals surface area contributed by atoms with Crippen molar-refractivity contribution in [3.63, 3.8) is 0 Å². The van der Waals surface area contributed by atoms with Crippen LogP contribution in [0.25, 0.3) is 0 Å². The SMILES string of the molecule is CC(C)C#CN1C(=O)c2ccccc2C1=O. The Morgan fingerprint density at radius 3 is 2.00 bits per heavy atom. The molecular formula is C13H11NO2. The molecule has 0 N–H and O–H groups in total. The van der Waals surface area contributed by atoms with Crippen LogP contribution in [0, 0.1) is 17.9 Å². The first-order chi connectivity index (χ1) is 7.61. The van der Waals surface area contributed by atoms with Crippen molar-refractivity contribution in [3.8, 4) is 12.0 Å². The number of carbonyl (C=O) groups excluding carboxylic acids is 2. The second-order valence-electron chi connectivity index (χ2n) is 3.90. The second kappa shape index (κ2) is 3.82.